The molecule has 0 aliphatic carbocycles. The highest BCUT2D eigenvalue weighted by Crippen LogP contribution is 2.27. The standard InChI is InChI=1S/C22H26N2O4/c1-16-8-9-20(27-2)19(14-16)23-22(26)17-10-12-24(13-11-17)21(25)15-28-18-6-4-3-5-7-18/h3-9,14,17H,10-13,15H2,1-2H3,(H,23,26). The zero-order valence-electron chi connectivity index (χ0n) is 16.3. The quantitative estimate of drug-likeness (QED) is 0.833. The SMILES string of the molecule is COc1ccc(C)cc1NC(=O)C1CCN(C(=O)COc2ccccc2)CC1. The molecule has 0 saturated carbocycles. The Morgan fingerprint density at radius 3 is 2.50 bits per heavy atom. The van der Waals surface area contributed by atoms with Gasteiger partial charge in [-0.15, -0.1) is 0 Å². The van der Waals surface area contributed by atoms with Gasteiger partial charge in [-0.2, -0.15) is 0 Å². The van der Waals surface area contributed by atoms with Gasteiger partial charge in [-0.3, -0.25) is 9.59 Å². The predicted octanol–water partition coefficient (Wildman–Crippen LogP) is 3.26. The largest absolute Gasteiger partial charge is 0.495 e. The van der Waals surface area contributed by atoms with Crippen LogP contribution in [0.2, 0.25) is 0 Å². The second-order valence-corrected chi connectivity index (χ2v) is 6.95. The smallest absolute Gasteiger partial charge is 0.260 e. The van der Waals surface area contributed by atoms with E-state index in [9.17, 15) is 9.59 Å². The lowest BCUT2D eigenvalue weighted by Crippen LogP contribution is -2.43. The van der Waals surface area contributed by atoms with Gasteiger partial charge >= 0.3 is 0 Å². The first-order chi connectivity index (χ1) is 13.6. The Balaban J connectivity index is 1.48. The molecule has 1 N–H and O–H groups in total. The van der Waals surface area contributed by atoms with E-state index in [0.29, 0.717) is 43.1 Å². The molecule has 1 saturated heterocycles. The summed E-state index contributed by atoms with van der Waals surface area (Å²) in [5.41, 5.74) is 1.73. The Morgan fingerprint density at radius 1 is 1.11 bits per heavy atom. The molecule has 2 amide bonds. The van der Waals surface area contributed by atoms with Crippen LogP contribution in [0.1, 0.15) is 18.4 Å². The fraction of sp³-hybridized carbons (Fsp3) is 0.364. The summed E-state index contributed by atoms with van der Waals surface area (Å²) in [7, 11) is 1.59. The van der Waals surface area contributed by atoms with Crippen molar-refractivity contribution >= 4 is 17.5 Å². The number of likely N-dealkylation sites (tertiary alicyclic amines) is 1. The van der Waals surface area contributed by atoms with E-state index < -0.39 is 0 Å². The van der Waals surface area contributed by atoms with Crippen molar-refractivity contribution in [3.05, 3.63) is 54.1 Å². The first-order valence-electron chi connectivity index (χ1n) is 9.48. The van der Waals surface area contributed by atoms with Gasteiger partial charge < -0.3 is 19.7 Å². The number of carbonyl (C=O) groups excluding carboxylic acids is 2. The van der Waals surface area contributed by atoms with Crippen LogP contribution >= 0.6 is 0 Å². The van der Waals surface area contributed by atoms with Crippen LogP contribution in [0.15, 0.2) is 48.5 Å². The van der Waals surface area contributed by atoms with E-state index in [0.717, 1.165) is 5.56 Å². The third-order valence-electron chi connectivity index (χ3n) is 4.94. The lowest BCUT2D eigenvalue weighted by Gasteiger charge is -2.31. The Kier molecular flexibility index (Phi) is 6.53. The van der Waals surface area contributed by atoms with Crippen molar-refractivity contribution in [2.75, 3.05) is 32.1 Å². The minimum absolute atomic E-state index is 0.0152. The molecule has 6 nitrogen and oxygen atoms in total. The molecule has 1 fully saturated rings. The van der Waals surface area contributed by atoms with E-state index in [4.69, 9.17) is 9.47 Å². The first-order valence-corrected chi connectivity index (χ1v) is 9.48. The maximum atomic E-state index is 12.6. The lowest BCUT2D eigenvalue weighted by molar-refractivity contribution is -0.136. The fourth-order valence-corrected chi connectivity index (χ4v) is 3.30. The van der Waals surface area contributed by atoms with Gasteiger partial charge in [0.05, 0.1) is 12.8 Å². The van der Waals surface area contributed by atoms with Crippen molar-refractivity contribution in [3.63, 3.8) is 0 Å². The highest BCUT2D eigenvalue weighted by molar-refractivity contribution is 5.94. The summed E-state index contributed by atoms with van der Waals surface area (Å²) in [5, 5.41) is 2.97. The van der Waals surface area contributed by atoms with Gasteiger partial charge in [0, 0.05) is 19.0 Å². The molecule has 0 spiro atoms. The molecule has 6 heteroatoms. The molecule has 0 unspecified atom stereocenters. The van der Waals surface area contributed by atoms with Crippen molar-refractivity contribution in [1.82, 2.24) is 4.90 Å². The molecule has 0 aromatic heterocycles. The topological polar surface area (TPSA) is 67.9 Å². The summed E-state index contributed by atoms with van der Waals surface area (Å²) < 4.78 is 10.8. The minimum Gasteiger partial charge on any atom is -0.495 e. The maximum Gasteiger partial charge on any atom is 0.260 e. The predicted molar refractivity (Wildman–Crippen MR) is 108 cm³/mol. The Hall–Kier alpha value is -3.02. The van der Waals surface area contributed by atoms with Crippen molar-refractivity contribution in [2.45, 2.75) is 19.8 Å². The fourth-order valence-electron chi connectivity index (χ4n) is 3.30. The van der Waals surface area contributed by atoms with E-state index in [1.54, 1.807) is 12.0 Å². The van der Waals surface area contributed by atoms with Gasteiger partial charge in [0.15, 0.2) is 6.61 Å². The summed E-state index contributed by atoms with van der Waals surface area (Å²) in [5.74, 6) is 1.12. The Morgan fingerprint density at radius 2 is 1.82 bits per heavy atom. The number of carbonyl (C=O) groups is 2. The molecule has 1 aliphatic heterocycles. The zero-order valence-corrected chi connectivity index (χ0v) is 16.3. The van der Waals surface area contributed by atoms with Crippen LogP contribution in [0.5, 0.6) is 11.5 Å². The third kappa shape index (κ3) is 5.03. The molecule has 28 heavy (non-hydrogen) atoms. The van der Waals surface area contributed by atoms with Gasteiger partial charge in [0.2, 0.25) is 5.91 Å². The Labute approximate surface area is 165 Å². The first kappa shape index (κ1) is 19.7. The van der Waals surface area contributed by atoms with Gasteiger partial charge in [0.25, 0.3) is 5.91 Å². The lowest BCUT2D eigenvalue weighted by atomic mass is 9.95. The number of rotatable bonds is 6. The second-order valence-electron chi connectivity index (χ2n) is 6.95. The molecule has 2 aromatic carbocycles. The van der Waals surface area contributed by atoms with Crippen LogP contribution in [0.4, 0.5) is 5.69 Å². The number of hydrogen-bond donors (Lipinski definition) is 1. The number of aryl methyl sites for hydroxylation is 1. The van der Waals surface area contributed by atoms with E-state index in [1.807, 2.05) is 55.5 Å². The molecule has 0 bridgehead atoms. The molecule has 0 radical (unpaired) electrons. The number of methoxy groups -OCH3 is 1. The number of benzene rings is 2. The molecule has 0 atom stereocenters. The number of nitrogens with zero attached hydrogens (tertiary/aromatic N) is 1. The number of piperidine rings is 1. The van der Waals surface area contributed by atoms with Gasteiger partial charge in [-0.05, 0) is 49.6 Å². The molecule has 3 rings (SSSR count). The molecule has 1 aliphatic rings. The second kappa shape index (κ2) is 9.26. The minimum atomic E-state index is -0.121. The van der Waals surface area contributed by atoms with Crippen molar-refractivity contribution in [1.29, 1.82) is 0 Å². The number of amides is 2. The van der Waals surface area contributed by atoms with Crippen LogP contribution in [0.25, 0.3) is 0 Å². The van der Waals surface area contributed by atoms with Crippen LogP contribution in [-0.2, 0) is 9.59 Å². The van der Waals surface area contributed by atoms with Gasteiger partial charge in [0.1, 0.15) is 11.5 Å². The number of para-hydroxylation sites is 1. The Bertz CT molecular complexity index is 815. The summed E-state index contributed by atoms with van der Waals surface area (Å²) in [6.07, 6.45) is 1.27. The van der Waals surface area contributed by atoms with Crippen molar-refractivity contribution < 1.29 is 19.1 Å². The van der Waals surface area contributed by atoms with E-state index in [2.05, 4.69) is 5.32 Å². The van der Waals surface area contributed by atoms with E-state index in [1.165, 1.54) is 0 Å². The van der Waals surface area contributed by atoms with Crippen LogP contribution < -0.4 is 14.8 Å². The average Bonchev–Trinajstić information content (AvgIpc) is 2.73. The zero-order chi connectivity index (χ0) is 19.9. The molecular formula is C22H26N2O4. The van der Waals surface area contributed by atoms with E-state index >= 15 is 0 Å². The summed E-state index contributed by atoms with van der Waals surface area (Å²) in [6.45, 7) is 3.10. The van der Waals surface area contributed by atoms with Gasteiger partial charge in [-0.25, -0.2) is 0 Å². The summed E-state index contributed by atoms with van der Waals surface area (Å²) >= 11 is 0. The van der Waals surface area contributed by atoms with Crippen molar-refractivity contribution in [2.24, 2.45) is 5.92 Å². The maximum absolute atomic E-state index is 12.6. The van der Waals surface area contributed by atoms with Crippen LogP contribution in [0, 0.1) is 12.8 Å². The highest BCUT2D eigenvalue weighted by atomic mass is 16.5. The number of anilines is 1. The van der Waals surface area contributed by atoms with E-state index in [-0.39, 0.29) is 24.3 Å². The molecule has 1 heterocycles. The highest BCUT2D eigenvalue weighted by Gasteiger charge is 2.28. The summed E-state index contributed by atoms with van der Waals surface area (Å²) in [6, 6.07) is 15.0. The number of ether oxygens (including phenoxy) is 2. The van der Waals surface area contributed by atoms with Crippen molar-refractivity contribution in [3.8, 4) is 11.5 Å². The van der Waals surface area contributed by atoms with Crippen LogP contribution in [-0.4, -0.2) is 43.5 Å². The van der Waals surface area contributed by atoms with Gasteiger partial charge in [-0.1, -0.05) is 24.3 Å². The molecule has 2 aromatic rings. The number of nitrogens with one attached hydrogen (secondary N) is 1. The molecule has 148 valence electrons. The number of hydrogen-bond acceptors (Lipinski definition) is 4. The monoisotopic (exact) mass is 382 g/mol. The summed E-state index contributed by atoms with van der Waals surface area (Å²) in [4.78, 5) is 26.7. The normalized spacial score (nSPS) is 14.4. The van der Waals surface area contributed by atoms with Crippen LogP contribution in [0.3, 0.4) is 0 Å². The molecular weight excluding hydrogens is 356 g/mol. The average molecular weight is 382 g/mol. The third-order valence-corrected chi connectivity index (χ3v) is 4.94.